The Labute approximate surface area is 184 Å². The lowest BCUT2D eigenvalue weighted by molar-refractivity contribution is 0.0947. The number of unbranched alkanes of at least 4 members (excludes halogenated alkanes) is 2. The molecule has 1 aromatic heterocycles. The van der Waals surface area contributed by atoms with Crippen molar-refractivity contribution in [3.8, 4) is 22.3 Å². The number of hydrogen-bond donors (Lipinski definition) is 3. The van der Waals surface area contributed by atoms with Crippen molar-refractivity contribution >= 4 is 11.8 Å². The number of aromatic nitrogens is 1. The number of nitrogens with one attached hydrogen (secondary N) is 3. The van der Waals surface area contributed by atoms with Crippen LogP contribution in [0.2, 0.25) is 0 Å². The molecule has 5 heteroatoms. The van der Waals surface area contributed by atoms with Gasteiger partial charge < -0.3 is 15.6 Å². The molecule has 0 atom stereocenters. The van der Waals surface area contributed by atoms with Gasteiger partial charge in [-0.2, -0.15) is 0 Å². The van der Waals surface area contributed by atoms with Gasteiger partial charge in [-0.15, -0.1) is 0 Å². The molecule has 3 rings (SSSR count). The summed E-state index contributed by atoms with van der Waals surface area (Å²) < 4.78 is 0. The Balaban J connectivity index is 2.16. The van der Waals surface area contributed by atoms with Crippen molar-refractivity contribution in [2.45, 2.75) is 39.5 Å². The Bertz CT molecular complexity index is 914. The summed E-state index contributed by atoms with van der Waals surface area (Å²) in [5.74, 6) is -0.394. The highest BCUT2D eigenvalue weighted by Gasteiger charge is 2.27. The summed E-state index contributed by atoms with van der Waals surface area (Å²) in [5, 5.41) is 5.98. The zero-order valence-corrected chi connectivity index (χ0v) is 18.3. The van der Waals surface area contributed by atoms with Crippen LogP contribution < -0.4 is 10.6 Å². The zero-order valence-electron chi connectivity index (χ0n) is 18.3. The molecule has 2 amide bonds. The average Bonchev–Trinajstić information content (AvgIpc) is 3.21. The predicted molar refractivity (Wildman–Crippen MR) is 126 cm³/mol. The Morgan fingerprint density at radius 3 is 1.42 bits per heavy atom. The van der Waals surface area contributed by atoms with Crippen molar-refractivity contribution < 1.29 is 9.59 Å². The standard InChI is InChI=1S/C26H31N3O2/c1-3-5-17-27-25(30)23-21(19-13-9-7-10-14-19)22(20-15-11-8-12-16-20)24(29-23)26(31)28-18-6-4-2/h7-16,29H,3-6,17-18H2,1-2H3,(H,27,30)(H,28,31). The summed E-state index contributed by atoms with van der Waals surface area (Å²) in [6.07, 6.45) is 3.81. The molecule has 0 unspecified atom stereocenters. The summed E-state index contributed by atoms with van der Waals surface area (Å²) in [6, 6.07) is 19.5. The van der Waals surface area contributed by atoms with E-state index in [0.717, 1.165) is 47.9 Å². The number of carbonyl (C=O) groups excluding carboxylic acids is 2. The molecule has 2 aromatic carbocycles. The molecule has 31 heavy (non-hydrogen) atoms. The van der Waals surface area contributed by atoms with E-state index in [1.54, 1.807) is 0 Å². The summed E-state index contributed by atoms with van der Waals surface area (Å²) in [7, 11) is 0. The molecule has 3 aromatic rings. The third-order valence-corrected chi connectivity index (χ3v) is 5.21. The second-order valence-electron chi connectivity index (χ2n) is 7.58. The van der Waals surface area contributed by atoms with Crippen molar-refractivity contribution in [1.29, 1.82) is 0 Å². The molecule has 0 aliphatic heterocycles. The van der Waals surface area contributed by atoms with Gasteiger partial charge in [-0.1, -0.05) is 87.4 Å². The van der Waals surface area contributed by atoms with Crippen LogP contribution in [0.4, 0.5) is 0 Å². The van der Waals surface area contributed by atoms with Crippen LogP contribution >= 0.6 is 0 Å². The third kappa shape index (κ3) is 5.43. The second-order valence-corrected chi connectivity index (χ2v) is 7.58. The van der Waals surface area contributed by atoms with E-state index in [0.29, 0.717) is 24.5 Å². The molecular weight excluding hydrogens is 386 g/mol. The van der Waals surface area contributed by atoms with E-state index < -0.39 is 0 Å². The molecule has 0 saturated carbocycles. The maximum Gasteiger partial charge on any atom is 0.268 e. The molecule has 0 bridgehead atoms. The van der Waals surface area contributed by atoms with Crippen LogP contribution in [-0.2, 0) is 0 Å². The van der Waals surface area contributed by atoms with Gasteiger partial charge in [-0.05, 0) is 24.0 Å². The Kier molecular flexibility index (Phi) is 8.05. The van der Waals surface area contributed by atoms with E-state index in [2.05, 4.69) is 29.5 Å². The van der Waals surface area contributed by atoms with Crippen molar-refractivity contribution in [1.82, 2.24) is 15.6 Å². The predicted octanol–water partition coefficient (Wildman–Crippen LogP) is 5.41. The van der Waals surface area contributed by atoms with E-state index in [9.17, 15) is 9.59 Å². The first-order chi connectivity index (χ1) is 15.2. The fraction of sp³-hybridized carbons (Fsp3) is 0.308. The van der Waals surface area contributed by atoms with E-state index >= 15 is 0 Å². The number of carbonyl (C=O) groups is 2. The minimum absolute atomic E-state index is 0.197. The summed E-state index contributed by atoms with van der Waals surface area (Å²) in [6.45, 7) is 5.37. The number of H-pyrrole nitrogens is 1. The molecule has 0 fully saturated rings. The van der Waals surface area contributed by atoms with Gasteiger partial charge in [-0.25, -0.2) is 0 Å². The fourth-order valence-corrected chi connectivity index (χ4v) is 3.56. The SMILES string of the molecule is CCCCNC(=O)c1[nH]c(C(=O)NCCCC)c(-c2ccccc2)c1-c1ccccc1. The van der Waals surface area contributed by atoms with Crippen LogP contribution in [-0.4, -0.2) is 29.9 Å². The van der Waals surface area contributed by atoms with Crippen LogP contribution in [0.5, 0.6) is 0 Å². The molecule has 3 N–H and O–H groups in total. The van der Waals surface area contributed by atoms with Gasteiger partial charge in [0, 0.05) is 24.2 Å². The first kappa shape index (κ1) is 22.3. The Hall–Kier alpha value is -3.34. The molecule has 0 saturated heterocycles. The fourth-order valence-electron chi connectivity index (χ4n) is 3.56. The molecule has 0 radical (unpaired) electrons. The zero-order chi connectivity index (χ0) is 22.1. The lowest BCUT2D eigenvalue weighted by atomic mass is 9.94. The van der Waals surface area contributed by atoms with Gasteiger partial charge in [0.05, 0.1) is 0 Å². The molecular formula is C26H31N3O2. The summed E-state index contributed by atoms with van der Waals surface area (Å²) in [5.41, 5.74) is 4.13. The van der Waals surface area contributed by atoms with Gasteiger partial charge in [0.1, 0.15) is 11.4 Å². The van der Waals surface area contributed by atoms with Crippen LogP contribution in [0.1, 0.15) is 60.5 Å². The van der Waals surface area contributed by atoms with E-state index in [1.807, 2.05) is 60.7 Å². The molecule has 0 aliphatic carbocycles. The minimum atomic E-state index is -0.197. The maximum absolute atomic E-state index is 13.1. The highest BCUT2D eigenvalue weighted by molar-refractivity contribution is 6.11. The average molecular weight is 418 g/mol. The number of amides is 2. The number of aromatic amines is 1. The topological polar surface area (TPSA) is 74.0 Å². The van der Waals surface area contributed by atoms with E-state index in [1.165, 1.54) is 0 Å². The van der Waals surface area contributed by atoms with Crippen LogP contribution in [0, 0.1) is 0 Å². The summed E-state index contributed by atoms with van der Waals surface area (Å²) >= 11 is 0. The Morgan fingerprint density at radius 1 is 0.677 bits per heavy atom. The number of benzene rings is 2. The van der Waals surface area contributed by atoms with Crippen molar-refractivity contribution in [3.05, 3.63) is 72.1 Å². The quantitative estimate of drug-likeness (QED) is 0.386. The van der Waals surface area contributed by atoms with Crippen LogP contribution in [0.3, 0.4) is 0 Å². The van der Waals surface area contributed by atoms with Gasteiger partial charge in [0.2, 0.25) is 0 Å². The van der Waals surface area contributed by atoms with Gasteiger partial charge >= 0.3 is 0 Å². The Morgan fingerprint density at radius 2 is 1.06 bits per heavy atom. The first-order valence-corrected chi connectivity index (χ1v) is 11.1. The van der Waals surface area contributed by atoms with Crippen LogP contribution in [0.15, 0.2) is 60.7 Å². The number of rotatable bonds is 10. The molecule has 1 heterocycles. The van der Waals surface area contributed by atoms with E-state index in [-0.39, 0.29) is 11.8 Å². The van der Waals surface area contributed by atoms with Gasteiger partial charge in [0.15, 0.2) is 0 Å². The lowest BCUT2D eigenvalue weighted by Crippen LogP contribution is -2.27. The minimum Gasteiger partial charge on any atom is -0.351 e. The van der Waals surface area contributed by atoms with Crippen molar-refractivity contribution in [3.63, 3.8) is 0 Å². The molecule has 5 nitrogen and oxygen atoms in total. The summed E-state index contributed by atoms with van der Waals surface area (Å²) in [4.78, 5) is 29.4. The normalized spacial score (nSPS) is 10.6. The highest BCUT2D eigenvalue weighted by atomic mass is 16.2. The lowest BCUT2D eigenvalue weighted by Gasteiger charge is -2.10. The van der Waals surface area contributed by atoms with Crippen molar-refractivity contribution in [2.24, 2.45) is 0 Å². The molecule has 162 valence electrons. The van der Waals surface area contributed by atoms with Crippen molar-refractivity contribution in [2.75, 3.05) is 13.1 Å². The smallest absolute Gasteiger partial charge is 0.268 e. The number of hydrogen-bond acceptors (Lipinski definition) is 2. The largest absolute Gasteiger partial charge is 0.351 e. The highest BCUT2D eigenvalue weighted by Crippen LogP contribution is 2.38. The van der Waals surface area contributed by atoms with Gasteiger partial charge in [0.25, 0.3) is 11.8 Å². The molecule has 0 spiro atoms. The van der Waals surface area contributed by atoms with E-state index in [4.69, 9.17) is 0 Å². The first-order valence-electron chi connectivity index (χ1n) is 11.1. The van der Waals surface area contributed by atoms with Crippen LogP contribution in [0.25, 0.3) is 22.3 Å². The second kappa shape index (κ2) is 11.2. The maximum atomic E-state index is 13.1. The van der Waals surface area contributed by atoms with Gasteiger partial charge in [-0.3, -0.25) is 9.59 Å². The molecule has 0 aliphatic rings. The third-order valence-electron chi connectivity index (χ3n) is 5.21. The monoisotopic (exact) mass is 417 g/mol.